The fraction of sp³-hybridized carbons (Fsp3) is 0.474. The average molecular weight is 329 g/mol. The molecule has 2 atom stereocenters. The summed E-state index contributed by atoms with van der Waals surface area (Å²) in [5.74, 6) is 0.212. The number of aliphatic hydroxyl groups is 1. The van der Waals surface area contributed by atoms with Crippen LogP contribution in [0.15, 0.2) is 36.4 Å². The molecule has 24 heavy (non-hydrogen) atoms. The number of rotatable bonds is 7. The maximum Gasteiger partial charge on any atom is 0.271 e. The molecule has 0 saturated heterocycles. The van der Waals surface area contributed by atoms with Crippen molar-refractivity contribution in [2.75, 3.05) is 6.54 Å². The molecule has 1 aromatic carbocycles. The van der Waals surface area contributed by atoms with Crippen molar-refractivity contribution >= 4 is 5.91 Å². The van der Waals surface area contributed by atoms with Crippen molar-refractivity contribution < 1.29 is 9.90 Å². The number of aromatic nitrogens is 2. The van der Waals surface area contributed by atoms with E-state index < -0.39 is 6.10 Å². The van der Waals surface area contributed by atoms with E-state index in [-0.39, 0.29) is 11.8 Å². The van der Waals surface area contributed by atoms with Gasteiger partial charge in [0.15, 0.2) is 0 Å². The third-order valence-electron chi connectivity index (χ3n) is 4.15. The predicted octanol–water partition coefficient (Wildman–Crippen LogP) is 2.83. The van der Waals surface area contributed by atoms with Gasteiger partial charge in [-0.15, -0.1) is 0 Å². The van der Waals surface area contributed by atoms with Crippen LogP contribution in [0.2, 0.25) is 0 Å². The summed E-state index contributed by atoms with van der Waals surface area (Å²) in [6.45, 7) is 6.40. The zero-order valence-electron chi connectivity index (χ0n) is 14.9. The van der Waals surface area contributed by atoms with Crippen molar-refractivity contribution in [3.8, 4) is 0 Å². The van der Waals surface area contributed by atoms with Crippen LogP contribution in [0.5, 0.6) is 0 Å². The monoisotopic (exact) mass is 329 g/mol. The van der Waals surface area contributed by atoms with Gasteiger partial charge in [-0.1, -0.05) is 44.2 Å². The van der Waals surface area contributed by atoms with E-state index in [9.17, 15) is 9.90 Å². The lowest BCUT2D eigenvalue weighted by Crippen LogP contribution is -2.30. The summed E-state index contributed by atoms with van der Waals surface area (Å²) in [5.41, 5.74) is 2.58. The van der Waals surface area contributed by atoms with E-state index in [1.54, 1.807) is 11.6 Å². The highest BCUT2D eigenvalue weighted by Gasteiger charge is 2.18. The van der Waals surface area contributed by atoms with Gasteiger partial charge in [0, 0.05) is 25.2 Å². The summed E-state index contributed by atoms with van der Waals surface area (Å²) in [7, 11) is 1.85. The minimum atomic E-state index is -0.422. The summed E-state index contributed by atoms with van der Waals surface area (Å²) in [5, 5.41) is 17.0. The molecule has 2 unspecified atom stereocenters. The number of nitrogens with one attached hydrogen (secondary N) is 1. The molecule has 0 saturated carbocycles. The lowest BCUT2D eigenvalue weighted by molar-refractivity contribution is 0.0940. The fourth-order valence-corrected chi connectivity index (χ4v) is 2.91. The molecule has 5 nitrogen and oxygen atoms in total. The Bertz CT molecular complexity index is 663. The molecule has 1 heterocycles. The van der Waals surface area contributed by atoms with Gasteiger partial charge in [0.25, 0.3) is 5.91 Å². The van der Waals surface area contributed by atoms with Crippen LogP contribution >= 0.6 is 0 Å². The molecular formula is C19H27N3O2. The molecule has 1 aromatic heterocycles. The van der Waals surface area contributed by atoms with Gasteiger partial charge in [0.2, 0.25) is 0 Å². The summed E-state index contributed by atoms with van der Waals surface area (Å²) >= 11 is 0. The molecule has 130 valence electrons. The number of nitrogens with zero attached hydrogens (tertiary/aromatic N) is 2. The van der Waals surface area contributed by atoms with E-state index in [4.69, 9.17) is 0 Å². The van der Waals surface area contributed by atoms with Crippen molar-refractivity contribution in [2.24, 2.45) is 7.05 Å². The van der Waals surface area contributed by atoms with Crippen molar-refractivity contribution in [2.45, 2.75) is 45.1 Å². The Hall–Kier alpha value is -2.14. The van der Waals surface area contributed by atoms with Gasteiger partial charge in [0.1, 0.15) is 5.69 Å². The first-order valence-corrected chi connectivity index (χ1v) is 8.43. The summed E-state index contributed by atoms with van der Waals surface area (Å²) in [4.78, 5) is 12.4. The summed E-state index contributed by atoms with van der Waals surface area (Å²) in [6.07, 6.45) is 0.179. The lowest BCUT2D eigenvalue weighted by Gasteiger charge is -2.19. The van der Waals surface area contributed by atoms with Gasteiger partial charge >= 0.3 is 0 Å². The predicted molar refractivity (Wildman–Crippen MR) is 95.1 cm³/mol. The molecule has 2 aromatic rings. The quantitative estimate of drug-likeness (QED) is 0.821. The highest BCUT2D eigenvalue weighted by atomic mass is 16.3. The van der Waals surface area contributed by atoms with Gasteiger partial charge in [-0.25, -0.2) is 0 Å². The van der Waals surface area contributed by atoms with Crippen LogP contribution < -0.4 is 5.32 Å². The highest BCUT2D eigenvalue weighted by Crippen LogP contribution is 2.21. The maximum absolute atomic E-state index is 12.4. The van der Waals surface area contributed by atoms with E-state index in [1.807, 2.05) is 43.4 Å². The molecule has 5 heteroatoms. The van der Waals surface area contributed by atoms with E-state index in [2.05, 4.69) is 24.3 Å². The maximum atomic E-state index is 12.4. The van der Waals surface area contributed by atoms with Crippen molar-refractivity contribution in [3.63, 3.8) is 0 Å². The normalized spacial score (nSPS) is 13.8. The Morgan fingerprint density at radius 1 is 1.25 bits per heavy atom. The highest BCUT2D eigenvalue weighted by molar-refractivity contribution is 5.92. The van der Waals surface area contributed by atoms with Crippen molar-refractivity contribution in [1.82, 2.24) is 15.1 Å². The first-order chi connectivity index (χ1) is 11.4. The van der Waals surface area contributed by atoms with E-state index >= 15 is 0 Å². The van der Waals surface area contributed by atoms with E-state index in [1.165, 1.54) is 0 Å². The van der Waals surface area contributed by atoms with Gasteiger partial charge in [0.05, 0.1) is 6.10 Å². The SMILES string of the molecule is CC(O)CC(CNC(=O)c1cc(C(C)C)n(C)n1)c1ccccc1. The second kappa shape index (κ2) is 8.11. The molecule has 2 rings (SSSR count). The Kier molecular flexibility index (Phi) is 6.15. The second-order valence-corrected chi connectivity index (χ2v) is 6.64. The first-order valence-electron chi connectivity index (χ1n) is 8.43. The summed E-state index contributed by atoms with van der Waals surface area (Å²) < 4.78 is 1.75. The molecule has 2 N–H and O–H groups in total. The largest absolute Gasteiger partial charge is 0.393 e. The van der Waals surface area contributed by atoms with Crippen LogP contribution in [0.1, 0.15) is 60.8 Å². The van der Waals surface area contributed by atoms with Crippen LogP contribution in [-0.4, -0.2) is 33.4 Å². The molecule has 0 bridgehead atoms. The van der Waals surface area contributed by atoms with Crippen molar-refractivity contribution in [3.05, 3.63) is 53.3 Å². The molecule has 0 aliphatic heterocycles. The zero-order valence-corrected chi connectivity index (χ0v) is 14.9. The van der Waals surface area contributed by atoms with Crippen LogP contribution in [0.3, 0.4) is 0 Å². The third-order valence-corrected chi connectivity index (χ3v) is 4.15. The Labute approximate surface area is 143 Å². The lowest BCUT2D eigenvalue weighted by atomic mass is 9.93. The van der Waals surface area contributed by atoms with E-state index in [0.717, 1.165) is 11.3 Å². The molecular weight excluding hydrogens is 302 g/mol. The van der Waals surface area contributed by atoms with Crippen molar-refractivity contribution in [1.29, 1.82) is 0 Å². The number of aliphatic hydroxyl groups excluding tert-OH is 1. The number of hydrogen-bond donors (Lipinski definition) is 2. The first kappa shape index (κ1) is 18.2. The Morgan fingerprint density at radius 2 is 1.92 bits per heavy atom. The smallest absolute Gasteiger partial charge is 0.271 e. The number of aryl methyl sites for hydroxylation is 1. The molecule has 0 spiro atoms. The topological polar surface area (TPSA) is 67.2 Å². The standard InChI is InChI=1S/C19H27N3O2/c1-13(2)18-11-17(21-22(18)4)19(24)20-12-16(10-14(3)23)15-8-6-5-7-9-15/h5-9,11,13-14,16,23H,10,12H2,1-4H3,(H,20,24). The number of amides is 1. The second-order valence-electron chi connectivity index (χ2n) is 6.64. The van der Waals surface area contributed by atoms with Crippen LogP contribution in [0.25, 0.3) is 0 Å². The molecule has 1 amide bonds. The molecule has 0 aliphatic rings. The molecule has 0 radical (unpaired) electrons. The molecule has 0 fully saturated rings. The Balaban J connectivity index is 2.06. The van der Waals surface area contributed by atoms with Crippen LogP contribution in [-0.2, 0) is 7.05 Å². The average Bonchev–Trinajstić information content (AvgIpc) is 2.94. The number of carbonyl (C=O) groups is 1. The fourth-order valence-electron chi connectivity index (χ4n) is 2.91. The van der Waals surface area contributed by atoms with E-state index in [0.29, 0.717) is 24.6 Å². The van der Waals surface area contributed by atoms with Gasteiger partial charge in [-0.3, -0.25) is 9.48 Å². The number of hydrogen-bond acceptors (Lipinski definition) is 3. The minimum Gasteiger partial charge on any atom is -0.393 e. The number of benzene rings is 1. The number of carbonyl (C=O) groups excluding carboxylic acids is 1. The minimum absolute atomic E-state index is 0.0726. The third kappa shape index (κ3) is 4.68. The summed E-state index contributed by atoms with van der Waals surface area (Å²) in [6, 6.07) is 11.8. The molecule has 0 aliphatic carbocycles. The van der Waals surface area contributed by atoms with Crippen LogP contribution in [0, 0.1) is 0 Å². The van der Waals surface area contributed by atoms with Crippen LogP contribution in [0.4, 0.5) is 0 Å². The van der Waals surface area contributed by atoms with Gasteiger partial charge < -0.3 is 10.4 Å². The van der Waals surface area contributed by atoms with Gasteiger partial charge in [-0.2, -0.15) is 5.10 Å². The Morgan fingerprint density at radius 3 is 2.46 bits per heavy atom. The van der Waals surface area contributed by atoms with Gasteiger partial charge in [-0.05, 0) is 30.9 Å². The zero-order chi connectivity index (χ0) is 17.7.